The Morgan fingerprint density at radius 1 is 1.11 bits per heavy atom. The Morgan fingerprint density at radius 2 is 1.86 bits per heavy atom. The third-order valence-corrected chi connectivity index (χ3v) is 7.58. The van der Waals surface area contributed by atoms with Crippen molar-refractivity contribution in [2.45, 2.75) is 40.2 Å². The van der Waals surface area contributed by atoms with Crippen molar-refractivity contribution < 1.29 is 14.3 Å². The van der Waals surface area contributed by atoms with Crippen molar-refractivity contribution in [1.29, 1.82) is 0 Å². The number of benzene rings is 1. The van der Waals surface area contributed by atoms with E-state index in [1.165, 1.54) is 11.8 Å². The molecule has 10 heteroatoms. The summed E-state index contributed by atoms with van der Waals surface area (Å²) in [7, 11) is 0. The van der Waals surface area contributed by atoms with Crippen LogP contribution in [0.1, 0.15) is 43.4 Å². The second-order valence-electron chi connectivity index (χ2n) is 9.03. The molecule has 0 atom stereocenters. The minimum Gasteiger partial charge on any atom is -0.454 e. The van der Waals surface area contributed by atoms with E-state index in [4.69, 9.17) is 26.7 Å². The molecule has 1 saturated heterocycles. The molecule has 0 saturated carbocycles. The number of rotatable bonds is 8. The van der Waals surface area contributed by atoms with Crippen LogP contribution in [0.15, 0.2) is 46.2 Å². The first-order valence-electron chi connectivity index (χ1n) is 12.3. The first-order chi connectivity index (χ1) is 17.9. The minimum atomic E-state index is -0.232. The highest BCUT2D eigenvalue weighted by Crippen LogP contribution is 2.37. The third kappa shape index (κ3) is 4.95. The Hall–Kier alpha value is -3.37. The third-order valence-electron chi connectivity index (χ3n) is 6.20. The van der Waals surface area contributed by atoms with Crippen LogP contribution in [0.5, 0.6) is 11.5 Å². The maximum absolute atomic E-state index is 13.7. The van der Waals surface area contributed by atoms with Gasteiger partial charge >= 0.3 is 0 Å². The quantitative estimate of drug-likeness (QED) is 0.301. The largest absolute Gasteiger partial charge is 0.454 e. The number of thiocarbonyl (C=S) groups is 1. The highest BCUT2D eigenvalue weighted by Gasteiger charge is 2.33. The first kappa shape index (κ1) is 25.3. The second kappa shape index (κ2) is 10.5. The van der Waals surface area contributed by atoms with E-state index in [9.17, 15) is 9.59 Å². The van der Waals surface area contributed by atoms with Crippen molar-refractivity contribution in [2.75, 3.05) is 24.8 Å². The number of hydrogen-bond donors (Lipinski definition) is 0. The smallest absolute Gasteiger partial charge is 0.267 e. The molecule has 192 valence electrons. The normalized spacial score (nSPS) is 15.9. The lowest BCUT2D eigenvalue weighted by atomic mass is 10.2. The molecule has 0 bridgehead atoms. The minimum absolute atomic E-state index is 0.187. The molecule has 2 aliphatic rings. The molecule has 4 heterocycles. The number of aryl methyl sites for hydroxylation is 1. The molecular formula is C27H28N4O4S2. The van der Waals surface area contributed by atoms with E-state index in [1.54, 1.807) is 21.6 Å². The van der Waals surface area contributed by atoms with Gasteiger partial charge in [-0.3, -0.25) is 18.9 Å². The molecule has 1 aromatic carbocycles. The fourth-order valence-electron chi connectivity index (χ4n) is 4.47. The number of carbonyl (C=O) groups is 1. The molecule has 0 unspecified atom stereocenters. The zero-order chi connectivity index (χ0) is 26.1. The number of hydrogen-bond acceptors (Lipinski definition) is 8. The van der Waals surface area contributed by atoms with Crippen molar-refractivity contribution in [1.82, 2.24) is 14.3 Å². The molecule has 1 amide bonds. The van der Waals surface area contributed by atoms with Crippen LogP contribution in [-0.4, -0.2) is 44.4 Å². The molecule has 37 heavy (non-hydrogen) atoms. The van der Waals surface area contributed by atoms with Crippen LogP contribution >= 0.6 is 24.0 Å². The van der Waals surface area contributed by atoms with Gasteiger partial charge in [0.25, 0.3) is 11.5 Å². The van der Waals surface area contributed by atoms with Crippen molar-refractivity contribution >= 4 is 51.7 Å². The lowest BCUT2D eigenvalue weighted by molar-refractivity contribution is -0.122. The van der Waals surface area contributed by atoms with E-state index in [-0.39, 0.29) is 18.3 Å². The van der Waals surface area contributed by atoms with Crippen LogP contribution in [0.4, 0.5) is 5.82 Å². The predicted molar refractivity (Wildman–Crippen MR) is 150 cm³/mol. The topological polar surface area (TPSA) is 76.4 Å². The number of fused-ring (bicyclic) bond motifs is 2. The standard InChI is InChI=1S/C27H28N4O4S2/c1-4-10-29(11-5-2)24-19(25(32)30-14-17(3)6-9-23(30)28-24)13-22-26(33)31(27(36)37-22)15-18-7-8-20-21(12-18)35-16-34-20/h6-9,12-14H,4-5,10-11,15-16H2,1-3H3. The molecule has 3 aromatic rings. The van der Waals surface area contributed by atoms with E-state index in [0.717, 1.165) is 37.1 Å². The van der Waals surface area contributed by atoms with Crippen LogP contribution in [0.3, 0.4) is 0 Å². The summed E-state index contributed by atoms with van der Waals surface area (Å²) in [5.41, 5.74) is 2.59. The highest BCUT2D eigenvalue weighted by atomic mass is 32.2. The summed E-state index contributed by atoms with van der Waals surface area (Å²) in [5.74, 6) is 1.70. The van der Waals surface area contributed by atoms with Gasteiger partial charge in [-0.1, -0.05) is 50.0 Å². The van der Waals surface area contributed by atoms with E-state index in [2.05, 4.69) is 18.7 Å². The Morgan fingerprint density at radius 3 is 2.62 bits per heavy atom. The molecule has 2 aliphatic heterocycles. The molecule has 0 aliphatic carbocycles. The lowest BCUT2D eigenvalue weighted by Crippen LogP contribution is -2.31. The van der Waals surface area contributed by atoms with Crippen molar-refractivity contribution in [3.8, 4) is 11.5 Å². The summed E-state index contributed by atoms with van der Waals surface area (Å²) in [4.78, 5) is 36.2. The maximum Gasteiger partial charge on any atom is 0.267 e. The number of aromatic nitrogens is 2. The number of thioether (sulfide) groups is 1. The fraction of sp³-hybridized carbons (Fsp3) is 0.333. The average Bonchev–Trinajstić information content (AvgIpc) is 3.45. The van der Waals surface area contributed by atoms with Crippen LogP contribution in [0, 0.1) is 6.92 Å². The Bertz CT molecular complexity index is 1480. The van der Waals surface area contributed by atoms with Crippen molar-refractivity contribution in [3.05, 3.63) is 68.5 Å². The van der Waals surface area contributed by atoms with Gasteiger partial charge in [-0.2, -0.15) is 0 Å². The number of pyridine rings is 1. The van der Waals surface area contributed by atoms with Crippen LogP contribution in [0.2, 0.25) is 0 Å². The van der Waals surface area contributed by atoms with Crippen molar-refractivity contribution in [3.63, 3.8) is 0 Å². The van der Waals surface area contributed by atoms with Crippen molar-refractivity contribution in [2.24, 2.45) is 0 Å². The lowest BCUT2D eigenvalue weighted by Gasteiger charge is -2.24. The Labute approximate surface area is 224 Å². The summed E-state index contributed by atoms with van der Waals surface area (Å²) in [6.07, 6.45) is 5.26. The van der Waals surface area contributed by atoms with Gasteiger partial charge in [0.1, 0.15) is 15.8 Å². The first-order valence-corrected chi connectivity index (χ1v) is 13.5. The van der Waals surface area contributed by atoms with Crippen LogP contribution in [0.25, 0.3) is 11.7 Å². The molecule has 0 N–H and O–H groups in total. The number of anilines is 1. The zero-order valence-corrected chi connectivity index (χ0v) is 22.7. The maximum atomic E-state index is 13.7. The molecule has 0 spiro atoms. The van der Waals surface area contributed by atoms with Gasteiger partial charge in [-0.15, -0.1) is 0 Å². The van der Waals surface area contributed by atoms with E-state index in [1.807, 2.05) is 37.3 Å². The van der Waals surface area contributed by atoms with E-state index < -0.39 is 0 Å². The number of amides is 1. The number of carbonyl (C=O) groups excluding carboxylic acids is 1. The van der Waals surface area contributed by atoms with Gasteiger partial charge in [0.15, 0.2) is 11.5 Å². The number of ether oxygens (including phenoxy) is 2. The van der Waals surface area contributed by atoms with Crippen LogP contribution in [-0.2, 0) is 11.3 Å². The summed E-state index contributed by atoms with van der Waals surface area (Å²) < 4.78 is 12.8. The zero-order valence-electron chi connectivity index (χ0n) is 21.0. The summed E-state index contributed by atoms with van der Waals surface area (Å²) in [6.45, 7) is 8.13. The molecular weight excluding hydrogens is 508 g/mol. The molecule has 1 fully saturated rings. The molecule has 8 nitrogen and oxygen atoms in total. The molecule has 5 rings (SSSR count). The summed E-state index contributed by atoms with van der Waals surface area (Å²) in [6, 6.07) is 9.37. The highest BCUT2D eigenvalue weighted by molar-refractivity contribution is 8.26. The van der Waals surface area contributed by atoms with Gasteiger partial charge in [-0.05, 0) is 55.2 Å². The van der Waals surface area contributed by atoms with Crippen LogP contribution < -0.4 is 19.9 Å². The Balaban J connectivity index is 1.54. The van der Waals surface area contributed by atoms with Gasteiger partial charge in [0, 0.05) is 19.3 Å². The Kier molecular flexibility index (Phi) is 7.21. The predicted octanol–water partition coefficient (Wildman–Crippen LogP) is 4.76. The summed E-state index contributed by atoms with van der Waals surface area (Å²) >= 11 is 6.77. The van der Waals surface area contributed by atoms with Gasteiger partial charge in [-0.25, -0.2) is 4.98 Å². The van der Waals surface area contributed by atoms with Gasteiger partial charge < -0.3 is 14.4 Å². The van der Waals surface area contributed by atoms with E-state index in [0.29, 0.717) is 44.3 Å². The SMILES string of the molecule is CCCN(CCC)c1nc2ccc(C)cn2c(=O)c1C=C1SC(=S)N(Cc2ccc3c(c2)OCO3)C1=O. The average molecular weight is 537 g/mol. The second-order valence-corrected chi connectivity index (χ2v) is 10.7. The molecule has 0 radical (unpaired) electrons. The van der Waals surface area contributed by atoms with Gasteiger partial charge in [0.05, 0.1) is 17.0 Å². The number of nitrogens with zero attached hydrogens (tertiary/aromatic N) is 4. The summed E-state index contributed by atoms with van der Waals surface area (Å²) in [5, 5.41) is 0. The van der Waals surface area contributed by atoms with E-state index >= 15 is 0 Å². The monoisotopic (exact) mass is 536 g/mol. The van der Waals surface area contributed by atoms with Gasteiger partial charge in [0.2, 0.25) is 6.79 Å². The fourth-order valence-corrected chi connectivity index (χ4v) is 5.70. The molecule has 2 aromatic heterocycles.